The Balaban J connectivity index is 0.615. The summed E-state index contributed by atoms with van der Waals surface area (Å²) in [6.45, 7) is 0. The van der Waals surface area contributed by atoms with Gasteiger partial charge in [0, 0.05) is 83.4 Å². The first-order chi connectivity index (χ1) is 63.5. The van der Waals surface area contributed by atoms with E-state index in [1.54, 1.807) is 0 Å². The number of rotatable bonds is 17. The molecule has 128 heavy (non-hydrogen) atoms. The first kappa shape index (κ1) is 75.5. The molecule has 4 aliphatic rings. The van der Waals surface area contributed by atoms with Gasteiger partial charge in [0.1, 0.15) is 0 Å². The molecule has 0 N–H and O–H groups in total. The first-order valence-corrected chi connectivity index (χ1v) is 44.8. The molecule has 2 aliphatic heterocycles. The van der Waals surface area contributed by atoms with Crippen molar-refractivity contribution >= 4 is 97.1 Å². The molecule has 0 bridgehead atoms. The van der Waals surface area contributed by atoms with Crippen LogP contribution in [0.15, 0.2) is 513 Å². The highest BCUT2D eigenvalue weighted by molar-refractivity contribution is 7.99. The van der Waals surface area contributed by atoms with E-state index in [1.165, 1.54) is 82.1 Å². The molecule has 2 atom stereocenters. The Kier molecular flexibility index (Phi) is 18.6. The van der Waals surface area contributed by atoms with Crippen molar-refractivity contribution < 1.29 is 0 Å². The van der Waals surface area contributed by atoms with Crippen molar-refractivity contribution in [3.05, 3.63) is 548 Å². The van der Waals surface area contributed by atoms with Crippen molar-refractivity contribution in [2.45, 2.75) is 20.6 Å². The van der Waals surface area contributed by atoms with Crippen LogP contribution in [-0.2, 0) is 10.8 Å². The van der Waals surface area contributed by atoms with Crippen LogP contribution in [0.4, 0.5) is 85.3 Å². The first-order valence-electron chi connectivity index (χ1n) is 44.0. The highest BCUT2D eigenvalue weighted by Crippen LogP contribution is 2.69. The molecule has 2 aliphatic carbocycles. The van der Waals surface area contributed by atoms with Crippen LogP contribution < -0.4 is 24.5 Å². The van der Waals surface area contributed by atoms with Crippen molar-refractivity contribution in [2.24, 2.45) is 0 Å². The SMILES string of the molecule is c1ccc(-c2cccc(N3c4ccccc4C4(c5ccccc5-c5c(N(c6ccccc6)c6cccc(-c7cccc(-c8ccccc8-c8cccc(N(c9ccccc9)c9ccc%10c(c9)Sc9ccccc9C%109c%10ccccc%10-c%10c(N(c%11ccccc%11)c%11ccccc%11)cccc%109)c8)c7)c6)cccc54)c4c(N(c5ccccc5)c5ccccc5)cccc43)c2)cc1. The van der Waals surface area contributed by atoms with Crippen molar-refractivity contribution in [2.75, 3.05) is 24.5 Å². The van der Waals surface area contributed by atoms with Gasteiger partial charge in [0.05, 0.1) is 39.3 Å². The van der Waals surface area contributed by atoms with Crippen LogP contribution in [0.25, 0.3) is 66.8 Å². The molecular formula is C122H83N5S. The molecule has 0 aromatic heterocycles. The van der Waals surface area contributed by atoms with Crippen molar-refractivity contribution in [3.63, 3.8) is 0 Å². The zero-order valence-corrected chi connectivity index (χ0v) is 70.9. The number of anilines is 15. The standard InChI is InChI=1S/C122H83N5S/c1-8-39-84(40-9-1)86-42-33-60-98(80-86)127-111-71-30-28-67-106(111)122(120-114(74-38-75-115(120)127)125(93-52-16-5-17-53-93)94-54-18-6-19-55-94)105-66-27-25-64-103(105)119-110(122)70-37-73-113(119)126(95-56-20-7-21-57-95)97-59-34-43-87(81-97)85-41-32-44-88(79-85)100-61-22-23-62-101(100)89-45-35-58-96(82-89)123(90-46-10-2-11-47-90)99-77-78-108-117(83-99)128-116-76-31-29-68-107(116)121(108)104-65-26-24-63-102(104)118-109(121)69-36-72-112(118)124(91-48-12-3-13-49-91)92-50-14-4-15-51-92/h1-83H. The number of hydrogen-bond donors (Lipinski definition) is 0. The Hall–Kier alpha value is -16.3. The molecule has 0 saturated carbocycles. The van der Waals surface area contributed by atoms with E-state index in [4.69, 9.17) is 0 Å². The summed E-state index contributed by atoms with van der Waals surface area (Å²) in [7, 11) is 0. The van der Waals surface area contributed by atoms with Gasteiger partial charge >= 0.3 is 0 Å². The average Bonchev–Trinajstić information content (AvgIpc) is 1.46. The van der Waals surface area contributed by atoms with Gasteiger partial charge in [0.25, 0.3) is 0 Å². The summed E-state index contributed by atoms with van der Waals surface area (Å²) < 4.78 is 0. The molecule has 602 valence electrons. The maximum absolute atomic E-state index is 2.52. The second-order valence-corrected chi connectivity index (χ2v) is 34.4. The fourth-order valence-corrected chi connectivity index (χ4v) is 22.5. The van der Waals surface area contributed by atoms with E-state index in [0.717, 1.165) is 124 Å². The van der Waals surface area contributed by atoms with Crippen molar-refractivity contribution in [1.29, 1.82) is 0 Å². The second kappa shape index (κ2) is 31.5. The zero-order valence-electron chi connectivity index (χ0n) is 70.1. The highest BCUT2D eigenvalue weighted by Gasteiger charge is 2.56. The predicted octanol–water partition coefficient (Wildman–Crippen LogP) is 33.2. The molecule has 20 aromatic rings. The van der Waals surface area contributed by atoms with Gasteiger partial charge in [-0.3, -0.25) is 0 Å². The molecule has 2 spiro atoms. The Bertz CT molecular complexity index is 7560. The van der Waals surface area contributed by atoms with E-state index >= 15 is 0 Å². The molecule has 0 fully saturated rings. The lowest BCUT2D eigenvalue weighted by Gasteiger charge is -2.47. The van der Waals surface area contributed by atoms with Gasteiger partial charge in [-0.05, 0) is 258 Å². The Morgan fingerprint density at radius 2 is 0.516 bits per heavy atom. The number of para-hydroxylation sites is 7. The molecule has 0 amide bonds. The third kappa shape index (κ3) is 12.2. The summed E-state index contributed by atoms with van der Waals surface area (Å²) in [4.78, 5) is 14.8. The van der Waals surface area contributed by atoms with Gasteiger partial charge in [-0.25, -0.2) is 0 Å². The van der Waals surface area contributed by atoms with Crippen LogP contribution in [0.1, 0.15) is 44.5 Å². The smallest absolute Gasteiger partial charge is 0.0775 e. The van der Waals surface area contributed by atoms with Crippen LogP contribution in [0, 0.1) is 0 Å². The molecular weight excluding hydrogens is 1570 g/mol. The van der Waals surface area contributed by atoms with E-state index in [9.17, 15) is 0 Å². The molecule has 2 heterocycles. The molecule has 2 unspecified atom stereocenters. The number of fused-ring (bicyclic) bond motifs is 18. The van der Waals surface area contributed by atoms with Gasteiger partial charge in [0.2, 0.25) is 0 Å². The summed E-state index contributed by atoms with van der Waals surface area (Å²) in [6, 6.07) is 187. The Labute approximate surface area is 751 Å². The summed E-state index contributed by atoms with van der Waals surface area (Å²) in [5.41, 5.74) is 38.7. The normalized spacial score (nSPS) is 14.4. The quantitative estimate of drug-likeness (QED) is 0.0897. The summed E-state index contributed by atoms with van der Waals surface area (Å²) in [5.74, 6) is 0. The zero-order chi connectivity index (χ0) is 84.6. The molecule has 24 rings (SSSR count). The van der Waals surface area contributed by atoms with E-state index < -0.39 is 10.8 Å². The van der Waals surface area contributed by atoms with E-state index in [0.29, 0.717) is 0 Å². The third-order valence-corrected chi connectivity index (χ3v) is 27.5. The highest BCUT2D eigenvalue weighted by atomic mass is 32.2. The maximum Gasteiger partial charge on any atom is 0.0775 e. The summed E-state index contributed by atoms with van der Waals surface area (Å²) in [5, 5.41) is 0. The van der Waals surface area contributed by atoms with E-state index in [2.05, 4.69) is 528 Å². The fourth-order valence-electron chi connectivity index (χ4n) is 21.3. The second-order valence-electron chi connectivity index (χ2n) is 33.3. The maximum atomic E-state index is 2.52. The van der Waals surface area contributed by atoms with Crippen LogP contribution in [0.3, 0.4) is 0 Å². The minimum atomic E-state index is -0.858. The van der Waals surface area contributed by atoms with Crippen LogP contribution in [-0.4, -0.2) is 0 Å². The fraction of sp³-hybridized carbons (Fsp3) is 0.0164. The van der Waals surface area contributed by atoms with Crippen LogP contribution in [0.2, 0.25) is 0 Å². The minimum absolute atomic E-state index is 0.622. The lowest BCUT2D eigenvalue weighted by Crippen LogP contribution is -2.37. The molecule has 5 nitrogen and oxygen atoms in total. The lowest BCUT2D eigenvalue weighted by atomic mass is 9.64. The number of hydrogen-bond acceptors (Lipinski definition) is 6. The average molecular weight is 1650 g/mol. The monoisotopic (exact) mass is 1650 g/mol. The summed E-state index contributed by atoms with van der Waals surface area (Å²) in [6.07, 6.45) is 0. The van der Waals surface area contributed by atoms with Gasteiger partial charge in [-0.15, -0.1) is 0 Å². The summed E-state index contributed by atoms with van der Waals surface area (Å²) >= 11 is 1.88. The van der Waals surface area contributed by atoms with Crippen molar-refractivity contribution in [1.82, 2.24) is 0 Å². The largest absolute Gasteiger partial charge is 0.310 e. The lowest BCUT2D eigenvalue weighted by molar-refractivity contribution is 0.722. The number of nitrogens with zero attached hydrogens (tertiary/aromatic N) is 5. The Morgan fingerprint density at radius 1 is 0.180 bits per heavy atom. The van der Waals surface area contributed by atoms with E-state index in [1.807, 2.05) is 11.8 Å². The topological polar surface area (TPSA) is 16.2 Å². The molecule has 20 aromatic carbocycles. The Morgan fingerprint density at radius 3 is 1.09 bits per heavy atom. The van der Waals surface area contributed by atoms with E-state index in [-0.39, 0.29) is 0 Å². The van der Waals surface area contributed by atoms with Gasteiger partial charge in [-0.1, -0.05) is 351 Å². The third-order valence-electron chi connectivity index (χ3n) is 26.4. The molecule has 0 radical (unpaired) electrons. The minimum Gasteiger partial charge on any atom is -0.310 e. The van der Waals surface area contributed by atoms with Crippen LogP contribution in [0.5, 0.6) is 0 Å². The van der Waals surface area contributed by atoms with Gasteiger partial charge < -0.3 is 24.5 Å². The number of benzene rings is 20. The van der Waals surface area contributed by atoms with Gasteiger partial charge in [0.15, 0.2) is 0 Å². The van der Waals surface area contributed by atoms with Gasteiger partial charge in [-0.2, -0.15) is 0 Å². The van der Waals surface area contributed by atoms with Crippen LogP contribution >= 0.6 is 11.8 Å². The predicted molar refractivity (Wildman–Crippen MR) is 534 cm³/mol. The molecule has 6 heteroatoms. The van der Waals surface area contributed by atoms with Crippen molar-refractivity contribution in [3.8, 4) is 66.8 Å². The molecule has 0 saturated heterocycles.